The fraction of sp³-hybridized carbons (Fsp3) is 0.703. The minimum atomic E-state index is -4.95. The molecule has 18 heteroatoms. The number of aliphatic hydroxyl groups is 2. The summed E-state index contributed by atoms with van der Waals surface area (Å²) in [6.07, 6.45) is 103. The van der Waals surface area contributed by atoms with E-state index in [0.29, 0.717) is 19.3 Å². The SMILES string of the molecule is CC/C=C\C/C=C\C/C=C\C/C=C\C/C=C\CCCCCCCCCC(=O)OCC(COP(=O)(O)OCC(O)COP(=O)(O)OCC(O)COC(=O)CCCCCCCCCCCCCCCCC/C=C\C/C=C\C/C=C\C/C=C\CCCCC)OC(=O)CCCCCCCC/C=C\C/C=C\C/C=C\CCCCC. The van der Waals surface area contributed by atoms with Crippen molar-refractivity contribution in [2.75, 3.05) is 39.6 Å². The Balaban J connectivity index is 4.57. The lowest BCUT2D eigenvalue weighted by Gasteiger charge is -2.21. The van der Waals surface area contributed by atoms with E-state index < -0.39 is 91.5 Å². The summed E-state index contributed by atoms with van der Waals surface area (Å²) in [6.45, 7) is 2.51. The normalized spacial score (nSPS) is 14.6. The zero-order chi connectivity index (χ0) is 79.4. The summed E-state index contributed by atoms with van der Waals surface area (Å²) in [5.74, 6) is -1.60. The molecule has 0 rings (SSSR count). The third-order valence-corrected chi connectivity index (χ3v) is 19.9. The Bertz CT molecular complexity index is 2560. The van der Waals surface area contributed by atoms with Crippen molar-refractivity contribution < 1.29 is 75.8 Å². The molecule has 0 aliphatic rings. The van der Waals surface area contributed by atoms with E-state index in [1.807, 2.05) is 0 Å². The predicted octanol–water partition coefficient (Wildman–Crippen LogP) is 26.0. The number of aliphatic hydroxyl groups excluding tert-OH is 2. The number of carbonyl (C=O) groups excluding carboxylic acids is 3. The largest absolute Gasteiger partial charge is 0.472 e. The van der Waals surface area contributed by atoms with Crippen LogP contribution >= 0.6 is 15.6 Å². The van der Waals surface area contributed by atoms with Crippen LogP contribution in [0.4, 0.5) is 0 Å². The monoisotopic (exact) mass is 1570 g/mol. The number of hydrogen-bond acceptors (Lipinski definition) is 14. The van der Waals surface area contributed by atoms with Gasteiger partial charge in [0.2, 0.25) is 0 Å². The van der Waals surface area contributed by atoms with Crippen LogP contribution in [0.25, 0.3) is 0 Å². The van der Waals surface area contributed by atoms with Crippen LogP contribution in [0.5, 0.6) is 0 Å². The van der Waals surface area contributed by atoms with E-state index in [4.69, 9.17) is 32.3 Å². The fourth-order valence-corrected chi connectivity index (χ4v) is 13.1. The van der Waals surface area contributed by atoms with E-state index >= 15 is 0 Å². The highest BCUT2D eigenvalue weighted by Gasteiger charge is 2.29. The number of hydrogen-bond donors (Lipinski definition) is 4. The van der Waals surface area contributed by atoms with Gasteiger partial charge in [-0.25, -0.2) is 9.13 Å². The highest BCUT2D eigenvalue weighted by Crippen LogP contribution is 2.45. The number of phosphoric acid groups is 2. The Morgan fingerprint density at radius 2 is 0.486 bits per heavy atom. The van der Waals surface area contributed by atoms with Crippen LogP contribution in [0.3, 0.4) is 0 Å². The molecule has 0 amide bonds. The standard InChI is InChI=1S/C91H156O16P2/c1-4-7-10-13-16-19-22-25-28-31-34-36-38-39-40-41-42-43-44-45-47-49-51-53-56-59-62-65-68-71-74-77-89(94)101-80-86(92)81-103-108(97,98)104-82-87(93)83-105-109(99,100)106-85-88(107-91(96)79-76-73-70-67-64-61-58-55-50-33-30-27-24-21-18-15-12-9-6-3)84-102-90(95)78-75-72-69-66-63-60-57-54-52-48-46-37-35-32-29-26-23-20-17-14-11-8-5-2/h8,11,16-21,25-30,34-37,39-40,48,50,52,55,86-88,92-93H,4-7,9-10,12-15,22-24,31-33,38,41-47,49,51,53-54,56-85H2,1-3H3,(H,97,98)(H,99,100)/b11-8-,19-16-,20-17-,21-18-,28-25-,29-26-,30-27-,36-34-,37-35-,40-39-,52-48-,55-50-. The fourth-order valence-electron chi connectivity index (χ4n) is 11.5. The summed E-state index contributed by atoms with van der Waals surface area (Å²) >= 11 is 0. The number of carbonyl (C=O) groups is 3. The average molecular weight is 1570 g/mol. The summed E-state index contributed by atoms with van der Waals surface area (Å²) in [5, 5.41) is 20.7. The van der Waals surface area contributed by atoms with Crippen LogP contribution in [0, 0.1) is 0 Å². The van der Waals surface area contributed by atoms with E-state index in [1.54, 1.807) is 0 Å². The molecule has 0 fully saturated rings. The molecular weight excluding hydrogens is 1410 g/mol. The smallest absolute Gasteiger partial charge is 0.463 e. The topological polar surface area (TPSA) is 231 Å². The van der Waals surface area contributed by atoms with Gasteiger partial charge >= 0.3 is 33.6 Å². The first-order valence-corrected chi connectivity index (χ1v) is 46.1. The molecule has 0 radical (unpaired) electrons. The maximum absolute atomic E-state index is 13.0. The van der Waals surface area contributed by atoms with Crippen molar-refractivity contribution in [2.45, 2.75) is 373 Å². The molecule has 0 bridgehead atoms. The van der Waals surface area contributed by atoms with Crippen molar-refractivity contribution in [3.8, 4) is 0 Å². The maximum Gasteiger partial charge on any atom is 0.472 e. The minimum absolute atomic E-state index is 0.0839. The second-order valence-corrected chi connectivity index (χ2v) is 31.5. The third kappa shape index (κ3) is 84.2. The Kier molecular flexibility index (Phi) is 79.4. The minimum Gasteiger partial charge on any atom is -0.463 e. The molecule has 0 spiro atoms. The van der Waals surface area contributed by atoms with Crippen molar-refractivity contribution in [3.05, 3.63) is 146 Å². The van der Waals surface area contributed by atoms with E-state index in [0.717, 1.165) is 173 Å². The molecule has 0 saturated carbocycles. The summed E-state index contributed by atoms with van der Waals surface area (Å²) < 4.78 is 61.3. The molecule has 0 heterocycles. The summed E-state index contributed by atoms with van der Waals surface area (Å²) in [7, 11) is -9.81. The third-order valence-electron chi connectivity index (χ3n) is 18.0. The number of unbranched alkanes of at least 4 members (excludes halogenated alkanes) is 34. The van der Waals surface area contributed by atoms with Gasteiger partial charge in [0.15, 0.2) is 6.10 Å². The zero-order valence-corrected chi connectivity index (χ0v) is 70.5. The first-order chi connectivity index (χ1) is 53.2. The zero-order valence-electron chi connectivity index (χ0n) is 68.7. The van der Waals surface area contributed by atoms with Gasteiger partial charge in [0.1, 0.15) is 25.4 Å². The number of phosphoric ester groups is 2. The lowest BCUT2D eigenvalue weighted by Crippen LogP contribution is -2.30. The number of rotatable bonds is 81. The van der Waals surface area contributed by atoms with Gasteiger partial charge in [-0.05, 0) is 148 Å². The Hall–Kier alpha value is -4.57. The second kappa shape index (κ2) is 82.9. The van der Waals surface area contributed by atoms with Gasteiger partial charge in [-0.1, -0.05) is 334 Å². The number of esters is 3. The molecule has 4 N–H and O–H groups in total. The van der Waals surface area contributed by atoms with Crippen molar-refractivity contribution in [3.63, 3.8) is 0 Å². The first-order valence-electron chi connectivity index (χ1n) is 43.1. The van der Waals surface area contributed by atoms with Gasteiger partial charge in [0, 0.05) is 19.3 Å². The van der Waals surface area contributed by atoms with Gasteiger partial charge in [-0.2, -0.15) is 0 Å². The number of allylic oxidation sites excluding steroid dienone is 24. The molecule has 0 aromatic rings. The Morgan fingerprint density at radius 3 is 0.771 bits per heavy atom. The van der Waals surface area contributed by atoms with Crippen molar-refractivity contribution in [2.24, 2.45) is 0 Å². The van der Waals surface area contributed by atoms with Gasteiger partial charge in [-0.3, -0.25) is 32.5 Å². The summed E-state index contributed by atoms with van der Waals surface area (Å²) in [6, 6.07) is 0. The van der Waals surface area contributed by atoms with Crippen LogP contribution in [0.15, 0.2) is 146 Å². The molecule has 0 aromatic carbocycles. The lowest BCUT2D eigenvalue weighted by atomic mass is 10.0. The van der Waals surface area contributed by atoms with E-state index in [1.165, 1.54) is 122 Å². The van der Waals surface area contributed by atoms with Crippen LogP contribution in [0.1, 0.15) is 355 Å². The highest BCUT2D eigenvalue weighted by atomic mass is 31.2. The van der Waals surface area contributed by atoms with Crippen LogP contribution in [-0.4, -0.2) is 95.9 Å². The van der Waals surface area contributed by atoms with Gasteiger partial charge in [-0.15, -0.1) is 0 Å². The molecule has 0 aliphatic heterocycles. The molecule has 5 unspecified atom stereocenters. The van der Waals surface area contributed by atoms with Crippen molar-refractivity contribution >= 4 is 33.6 Å². The molecule has 5 atom stereocenters. The quantitative estimate of drug-likeness (QED) is 0.0146. The molecule has 16 nitrogen and oxygen atoms in total. The molecule has 626 valence electrons. The molecule has 109 heavy (non-hydrogen) atoms. The van der Waals surface area contributed by atoms with Crippen LogP contribution in [-0.2, 0) is 55.8 Å². The maximum atomic E-state index is 13.0. The van der Waals surface area contributed by atoms with Gasteiger partial charge in [0.25, 0.3) is 0 Å². The second-order valence-electron chi connectivity index (χ2n) is 28.6. The molecule has 0 saturated heterocycles. The van der Waals surface area contributed by atoms with Crippen molar-refractivity contribution in [1.29, 1.82) is 0 Å². The van der Waals surface area contributed by atoms with Crippen LogP contribution < -0.4 is 0 Å². The van der Waals surface area contributed by atoms with Crippen LogP contribution in [0.2, 0.25) is 0 Å². The Morgan fingerprint density at radius 1 is 0.266 bits per heavy atom. The average Bonchev–Trinajstić information content (AvgIpc) is 0.900. The lowest BCUT2D eigenvalue weighted by molar-refractivity contribution is -0.161. The molecule has 0 aliphatic carbocycles. The van der Waals surface area contributed by atoms with E-state index in [-0.39, 0.29) is 19.3 Å². The summed E-state index contributed by atoms with van der Waals surface area (Å²) in [4.78, 5) is 58.8. The predicted molar refractivity (Wildman–Crippen MR) is 454 cm³/mol. The van der Waals surface area contributed by atoms with E-state index in [9.17, 15) is 43.5 Å². The van der Waals surface area contributed by atoms with Gasteiger partial charge in [0.05, 0.1) is 26.4 Å². The first kappa shape index (κ1) is 104. The molecular formula is C91H156O16P2. The number of ether oxygens (including phenoxy) is 3. The molecule has 0 aromatic heterocycles. The summed E-state index contributed by atoms with van der Waals surface area (Å²) in [5.41, 5.74) is 0. The van der Waals surface area contributed by atoms with Gasteiger partial charge < -0.3 is 34.2 Å². The van der Waals surface area contributed by atoms with E-state index in [2.05, 4.69) is 167 Å². The van der Waals surface area contributed by atoms with Crippen molar-refractivity contribution in [1.82, 2.24) is 0 Å². The highest BCUT2D eigenvalue weighted by molar-refractivity contribution is 7.47. The Labute approximate surface area is 664 Å².